The first-order valence-electron chi connectivity index (χ1n) is 9.78. The second-order valence-corrected chi connectivity index (χ2v) is 8.46. The molecule has 2 unspecified atom stereocenters. The number of hydrogen-bond donors (Lipinski definition) is 2. The average Bonchev–Trinajstić information content (AvgIpc) is 2.98. The van der Waals surface area contributed by atoms with Crippen molar-refractivity contribution < 1.29 is 19.1 Å². The number of ether oxygens (including phenoxy) is 2. The molecule has 0 saturated carbocycles. The highest BCUT2D eigenvalue weighted by atomic mass is 16.6. The lowest BCUT2D eigenvalue weighted by molar-refractivity contribution is -0.151. The third-order valence-electron chi connectivity index (χ3n) is 5.13. The van der Waals surface area contributed by atoms with Crippen LogP contribution in [0, 0.1) is 11.8 Å². The number of nitrogens with one attached hydrogen (secondary N) is 2. The lowest BCUT2D eigenvalue weighted by Crippen LogP contribution is -2.39. The maximum atomic E-state index is 12.8. The summed E-state index contributed by atoms with van der Waals surface area (Å²) in [7, 11) is 0. The number of piperidine rings is 1. The average molecular weight is 374 g/mol. The lowest BCUT2D eigenvalue weighted by atomic mass is 9.98. The summed E-state index contributed by atoms with van der Waals surface area (Å²) in [6.07, 6.45) is 2.11. The van der Waals surface area contributed by atoms with Gasteiger partial charge in [0.05, 0.1) is 18.6 Å². The van der Waals surface area contributed by atoms with Crippen LogP contribution < -0.4 is 10.6 Å². The fourth-order valence-corrected chi connectivity index (χ4v) is 3.78. The molecule has 1 aliphatic carbocycles. The molecule has 1 aliphatic heterocycles. The smallest absolute Gasteiger partial charge is 0.408 e. The van der Waals surface area contributed by atoms with Crippen LogP contribution in [0.3, 0.4) is 0 Å². The van der Waals surface area contributed by atoms with Crippen LogP contribution in [0.15, 0.2) is 24.3 Å². The van der Waals surface area contributed by atoms with E-state index in [9.17, 15) is 9.59 Å². The highest BCUT2D eigenvalue weighted by molar-refractivity contribution is 5.78. The van der Waals surface area contributed by atoms with E-state index in [-0.39, 0.29) is 5.97 Å². The fourth-order valence-electron chi connectivity index (χ4n) is 3.78. The summed E-state index contributed by atoms with van der Waals surface area (Å²) in [5.41, 5.74) is 1.45. The normalized spacial score (nSPS) is 22.8. The van der Waals surface area contributed by atoms with Crippen molar-refractivity contribution in [3.05, 3.63) is 35.4 Å². The SMILES string of the molecule is CC(C)(C)OC(=O)NC1c2ccccc2CC1C(=O)OCC1CCNCC1. The topological polar surface area (TPSA) is 76.7 Å². The number of esters is 1. The molecule has 2 aliphatic rings. The summed E-state index contributed by atoms with van der Waals surface area (Å²) in [6, 6.07) is 7.41. The Morgan fingerprint density at radius 1 is 1.19 bits per heavy atom. The molecule has 2 atom stereocenters. The number of benzene rings is 1. The number of amides is 1. The Balaban J connectivity index is 1.66. The zero-order chi connectivity index (χ0) is 19.4. The monoisotopic (exact) mass is 374 g/mol. The number of rotatable bonds is 4. The summed E-state index contributed by atoms with van der Waals surface area (Å²) in [5, 5.41) is 6.20. The molecular weight excluding hydrogens is 344 g/mol. The molecule has 1 aromatic carbocycles. The molecule has 2 N–H and O–H groups in total. The predicted molar refractivity (Wildman–Crippen MR) is 102 cm³/mol. The van der Waals surface area contributed by atoms with Crippen molar-refractivity contribution in [1.29, 1.82) is 0 Å². The van der Waals surface area contributed by atoms with Crippen LogP contribution in [0.25, 0.3) is 0 Å². The molecule has 0 bridgehead atoms. The number of carbonyl (C=O) groups excluding carboxylic acids is 2. The molecule has 148 valence electrons. The minimum absolute atomic E-state index is 0.245. The highest BCUT2D eigenvalue weighted by Gasteiger charge is 2.40. The van der Waals surface area contributed by atoms with Gasteiger partial charge in [0.25, 0.3) is 0 Å². The number of carbonyl (C=O) groups is 2. The van der Waals surface area contributed by atoms with Gasteiger partial charge in [0.1, 0.15) is 5.60 Å². The molecule has 3 rings (SSSR count). The Morgan fingerprint density at radius 2 is 1.89 bits per heavy atom. The van der Waals surface area contributed by atoms with Crippen LogP contribution in [-0.4, -0.2) is 37.4 Å². The summed E-state index contributed by atoms with van der Waals surface area (Å²) >= 11 is 0. The van der Waals surface area contributed by atoms with Gasteiger partial charge in [-0.2, -0.15) is 0 Å². The van der Waals surface area contributed by atoms with Gasteiger partial charge in [-0.3, -0.25) is 4.79 Å². The van der Waals surface area contributed by atoms with E-state index in [0.717, 1.165) is 37.1 Å². The van der Waals surface area contributed by atoms with E-state index in [0.29, 0.717) is 18.9 Å². The minimum atomic E-state index is -0.590. The van der Waals surface area contributed by atoms with Gasteiger partial charge in [-0.15, -0.1) is 0 Å². The van der Waals surface area contributed by atoms with E-state index in [1.54, 1.807) is 0 Å². The fraction of sp³-hybridized carbons (Fsp3) is 0.619. The number of fused-ring (bicyclic) bond motifs is 1. The van der Waals surface area contributed by atoms with Gasteiger partial charge < -0.3 is 20.1 Å². The van der Waals surface area contributed by atoms with Gasteiger partial charge in [-0.25, -0.2) is 4.79 Å². The molecule has 6 heteroatoms. The standard InChI is InChI=1S/C21H30N2O4/c1-21(2,3)27-20(25)23-18-16-7-5-4-6-15(16)12-17(18)19(24)26-13-14-8-10-22-11-9-14/h4-7,14,17-18,22H,8-13H2,1-3H3,(H,23,25). The zero-order valence-corrected chi connectivity index (χ0v) is 16.4. The summed E-state index contributed by atoms with van der Waals surface area (Å²) < 4.78 is 11.0. The van der Waals surface area contributed by atoms with Gasteiger partial charge in [0, 0.05) is 0 Å². The minimum Gasteiger partial charge on any atom is -0.465 e. The third-order valence-corrected chi connectivity index (χ3v) is 5.13. The first-order chi connectivity index (χ1) is 12.8. The second-order valence-electron chi connectivity index (χ2n) is 8.46. The first kappa shape index (κ1) is 19.7. The van der Waals surface area contributed by atoms with Crippen molar-refractivity contribution in [3.63, 3.8) is 0 Å². The van der Waals surface area contributed by atoms with E-state index in [4.69, 9.17) is 9.47 Å². The summed E-state index contributed by atoms with van der Waals surface area (Å²) in [5.74, 6) is -0.251. The van der Waals surface area contributed by atoms with Crippen LogP contribution >= 0.6 is 0 Å². The molecule has 1 saturated heterocycles. The van der Waals surface area contributed by atoms with Crippen molar-refractivity contribution in [2.24, 2.45) is 11.8 Å². The molecule has 0 spiro atoms. The second kappa shape index (κ2) is 8.30. The molecule has 1 aromatic rings. The Labute approximate surface area is 161 Å². The lowest BCUT2D eigenvalue weighted by Gasteiger charge is -2.26. The highest BCUT2D eigenvalue weighted by Crippen LogP contribution is 2.37. The Bertz CT molecular complexity index is 677. The van der Waals surface area contributed by atoms with Gasteiger partial charge in [-0.1, -0.05) is 24.3 Å². The van der Waals surface area contributed by atoms with Gasteiger partial charge in [0.2, 0.25) is 0 Å². The Kier molecular flexibility index (Phi) is 6.05. The zero-order valence-electron chi connectivity index (χ0n) is 16.4. The number of alkyl carbamates (subject to hydrolysis) is 1. The quantitative estimate of drug-likeness (QED) is 0.793. The van der Waals surface area contributed by atoms with Crippen molar-refractivity contribution in [1.82, 2.24) is 10.6 Å². The van der Waals surface area contributed by atoms with Crippen molar-refractivity contribution in [3.8, 4) is 0 Å². The summed E-state index contributed by atoms with van der Waals surface area (Å²) in [4.78, 5) is 25.1. The molecular formula is C21H30N2O4. The first-order valence-corrected chi connectivity index (χ1v) is 9.78. The van der Waals surface area contributed by atoms with E-state index in [1.807, 2.05) is 45.0 Å². The van der Waals surface area contributed by atoms with Crippen molar-refractivity contribution in [2.75, 3.05) is 19.7 Å². The summed E-state index contributed by atoms with van der Waals surface area (Å²) in [6.45, 7) is 7.85. The molecule has 1 amide bonds. The van der Waals surface area contributed by atoms with Crippen molar-refractivity contribution in [2.45, 2.75) is 51.7 Å². The largest absolute Gasteiger partial charge is 0.465 e. The van der Waals surface area contributed by atoms with Gasteiger partial charge in [0.15, 0.2) is 0 Å². The molecule has 1 fully saturated rings. The maximum Gasteiger partial charge on any atom is 0.408 e. The molecule has 0 aromatic heterocycles. The van der Waals surface area contributed by atoms with E-state index in [1.165, 1.54) is 0 Å². The predicted octanol–water partition coefficient (Wildman–Crippen LogP) is 2.97. The van der Waals surface area contributed by atoms with Crippen LogP contribution in [0.2, 0.25) is 0 Å². The van der Waals surface area contributed by atoms with Crippen LogP contribution in [0.4, 0.5) is 4.79 Å². The number of hydrogen-bond acceptors (Lipinski definition) is 5. The van der Waals surface area contributed by atoms with E-state index in [2.05, 4.69) is 10.6 Å². The molecule has 6 nitrogen and oxygen atoms in total. The third kappa shape index (κ3) is 5.22. The van der Waals surface area contributed by atoms with Crippen molar-refractivity contribution >= 4 is 12.1 Å². The van der Waals surface area contributed by atoms with Crippen LogP contribution in [-0.2, 0) is 20.7 Å². The molecule has 0 radical (unpaired) electrons. The van der Waals surface area contributed by atoms with E-state index >= 15 is 0 Å². The van der Waals surface area contributed by atoms with Gasteiger partial charge >= 0.3 is 12.1 Å². The van der Waals surface area contributed by atoms with Crippen LogP contribution in [0.1, 0.15) is 50.8 Å². The Morgan fingerprint density at radius 3 is 2.59 bits per heavy atom. The van der Waals surface area contributed by atoms with Gasteiger partial charge in [-0.05, 0) is 70.2 Å². The Hall–Kier alpha value is -2.08. The van der Waals surface area contributed by atoms with Crippen LogP contribution in [0.5, 0.6) is 0 Å². The van der Waals surface area contributed by atoms with E-state index < -0.39 is 23.7 Å². The molecule has 27 heavy (non-hydrogen) atoms. The molecule has 1 heterocycles. The maximum absolute atomic E-state index is 12.8.